The Labute approximate surface area is 173 Å². The number of nitrogens with one attached hydrogen (secondary N) is 2. The first-order chi connectivity index (χ1) is 14.2. The number of anilines is 1. The zero-order valence-corrected chi connectivity index (χ0v) is 16.7. The molecule has 0 saturated carbocycles. The molecule has 0 spiro atoms. The highest BCUT2D eigenvalue weighted by Crippen LogP contribution is 2.33. The second-order valence-electron chi connectivity index (χ2n) is 6.46. The first-order valence-corrected chi connectivity index (χ1v) is 10.2. The standard InChI is InChI=1S/C23H20N4OS/c1-16(22(28)25-19-14-8-9-15-24-19)29-23-26-20(17-10-4-2-5-11-17)21(27-23)18-12-6-3-7-13-18/h2-16H,1H3,(H,26,27)(H,24,25,28). The van der Waals surface area contributed by atoms with Gasteiger partial charge < -0.3 is 10.3 Å². The molecular formula is C23H20N4OS. The quantitative estimate of drug-likeness (QED) is 0.433. The number of benzene rings is 2. The molecule has 4 aromatic rings. The van der Waals surface area contributed by atoms with Gasteiger partial charge in [0, 0.05) is 17.3 Å². The minimum atomic E-state index is -0.338. The number of thioether (sulfide) groups is 1. The molecule has 0 aliphatic rings. The molecule has 2 heterocycles. The predicted octanol–water partition coefficient (Wildman–Crippen LogP) is 5.26. The van der Waals surface area contributed by atoms with Crippen molar-refractivity contribution in [3.05, 3.63) is 85.1 Å². The van der Waals surface area contributed by atoms with Crippen LogP contribution in [0, 0.1) is 0 Å². The average molecular weight is 401 g/mol. The van der Waals surface area contributed by atoms with Crippen LogP contribution in [-0.2, 0) is 4.79 Å². The van der Waals surface area contributed by atoms with Gasteiger partial charge in [-0.15, -0.1) is 0 Å². The molecule has 2 aromatic heterocycles. The molecule has 0 aliphatic carbocycles. The average Bonchev–Trinajstić information content (AvgIpc) is 3.19. The van der Waals surface area contributed by atoms with E-state index >= 15 is 0 Å². The van der Waals surface area contributed by atoms with Gasteiger partial charge in [0.25, 0.3) is 0 Å². The number of H-pyrrole nitrogens is 1. The van der Waals surface area contributed by atoms with Crippen molar-refractivity contribution in [1.82, 2.24) is 15.0 Å². The Morgan fingerprint density at radius 2 is 1.59 bits per heavy atom. The van der Waals surface area contributed by atoms with E-state index in [-0.39, 0.29) is 11.2 Å². The first kappa shape index (κ1) is 19.0. The van der Waals surface area contributed by atoms with Crippen LogP contribution in [-0.4, -0.2) is 26.1 Å². The number of rotatable bonds is 6. The van der Waals surface area contributed by atoms with Crippen LogP contribution in [0.4, 0.5) is 5.82 Å². The largest absolute Gasteiger partial charge is 0.332 e. The Bertz CT molecular complexity index is 1020. The second kappa shape index (κ2) is 8.75. The Balaban J connectivity index is 1.59. The van der Waals surface area contributed by atoms with Gasteiger partial charge >= 0.3 is 0 Å². The smallest absolute Gasteiger partial charge is 0.238 e. The normalized spacial score (nSPS) is 11.8. The number of hydrogen-bond donors (Lipinski definition) is 2. The molecule has 0 fully saturated rings. The number of imidazole rings is 1. The van der Waals surface area contributed by atoms with E-state index in [2.05, 4.69) is 15.3 Å². The molecule has 1 atom stereocenters. The Hall–Kier alpha value is -3.38. The topological polar surface area (TPSA) is 70.7 Å². The van der Waals surface area contributed by atoms with Crippen LogP contribution in [0.3, 0.4) is 0 Å². The van der Waals surface area contributed by atoms with Gasteiger partial charge in [-0.3, -0.25) is 4.79 Å². The van der Waals surface area contributed by atoms with Crippen molar-refractivity contribution in [2.45, 2.75) is 17.3 Å². The summed E-state index contributed by atoms with van der Waals surface area (Å²) in [6.45, 7) is 1.86. The van der Waals surface area contributed by atoms with Crippen LogP contribution in [0.5, 0.6) is 0 Å². The summed E-state index contributed by atoms with van der Waals surface area (Å²) in [5.41, 5.74) is 3.89. The fraction of sp³-hybridized carbons (Fsp3) is 0.0870. The first-order valence-electron chi connectivity index (χ1n) is 9.30. The van der Waals surface area contributed by atoms with Gasteiger partial charge in [0.2, 0.25) is 5.91 Å². The number of carbonyl (C=O) groups is 1. The number of hydrogen-bond acceptors (Lipinski definition) is 4. The van der Waals surface area contributed by atoms with Gasteiger partial charge in [0.1, 0.15) is 5.82 Å². The third-order valence-corrected chi connectivity index (χ3v) is 5.35. The summed E-state index contributed by atoms with van der Waals surface area (Å²) < 4.78 is 0. The molecule has 2 aromatic carbocycles. The maximum Gasteiger partial charge on any atom is 0.238 e. The number of carbonyl (C=O) groups excluding carboxylic acids is 1. The molecule has 6 heteroatoms. The third kappa shape index (κ3) is 4.55. The number of amides is 1. The van der Waals surface area contributed by atoms with Crippen molar-refractivity contribution in [1.29, 1.82) is 0 Å². The highest BCUT2D eigenvalue weighted by atomic mass is 32.2. The molecule has 4 rings (SSSR count). The third-order valence-electron chi connectivity index (χ3n) is 4.37. The molecule has 5 nitrogen and oxygen atoms in total. The van der Waals surface area contributed by atoms with Crippen LogP contribution < -0.4 is 5.32 Å². The highest BCUT2D eigenvalue weighted by molar-refractivity contribution is 8.00. The van der Waals surface area contributed by atoms with E-state index in [0.717, 1.165) is 22.5 Å². The van der Waals surface area contributed by atoms with Crippen molar-refractivity contribution >= 4 is 23.5 Å². The molecular weight excluding hydrogens is 380 g/mol. The highest BCUT2D eigenvalue weighted by Gasteiger charge is 2.20. The van der Waals surface area contributed by atoms with Crippen LogP contribution in [0.15, 0.2) is 90.2 Å². The lowest BCUT2D eigenvalue weighted by molar-refractivity contribution is -0.115. The summed E-state index contributed by atoms with van der Waals surface area (Å²) in [5, 5.41) is 3.20. The van der Waals surface area contributed by atoms with E-state index < -0.39 is 0 Å². The number of aromatic nitrogens is 3. The lowest BCUT2D eigenvalue weighted by Gasteiger charge is -2.09. The zero-order valence-electron chi connectivity index (χ0n) is 15.9. The van der Waals surface area contributed by atoms with Crippen molar-refractivity contribution in [3.63, 3.8) is 0 Å². The van der Waals surface area contributed by atoms with Crippen LogP contribution >= 0.6 is 11.8 Å². The van der Waals surface area contributed by atoms with Gasteiger partial charge in [0.15, 0.2) is 5.16 Å². The summed E-state index contributed by atoms with van der Waals surface area (Å²) >= 11 is 1.39. The van der Waals surface area contributed by atoms with E-state index in [4.69, 9.17) is 4.98 Å². The molecule has 1 unspecified atom stereocenters. The summed E-state index contributed by atoms with van der Waals surface area (Å²) in [6.07, 6.45) is 1.65. The number of nitrogens with zero attached hydrogens (tertiary/aromatic N) is 2. The van der Waals surface area contributed by atoms with E-state index in [9.17, 15) is 4.79 Å². The van der Waals surface area contributed by atoms with E-state index in [1.54, 1.807) is 12.3 Å². The van der Waals surface area contributed by atoms with Gasteiger partial charge in [-0.1, -0.05) is 78.5 Å². The minimum Gasteiger partial charge on any atom is -0.332 e. The van der Waals surface area contributed by atoms with E-state index in [1.165, 1.54) is 11.8 Å². The van der Waals surface area contributed by atoms with Crippen molar-refractivity contribution in [3.8, 4) is 22.5 Å². The monoisotopic (exact) mass is 400 g/mol. The van der Waals surface area contributed by atoms with Gasteiger partial charge in [-0.25, -0.2) is 9.97 Å². The summed E-state index contributed by atoms with van der Waals surface area (Å²) in [7, 11) is 0. The lowest BCUT2D eigenvalue weighted by atomic mass is 10.1. The van der Waals surface area contributed by atoms with Crippen molar-refractivity contribution in [2.75, 3.05) is 5.32 Å². The minimum absolute atomic E-state index is 0.118. The predicted molar refractivity (Wildman–Crippen MR) is 118 cm³/mol. The van der Waals surface area contributed by atoms with Gasteiger partial charge in [0.05, 0.1) is 16.6 Å². The fourth-order valence-electron chi connectivity index (χ4n) is 2.91. The SMILES string of the molecule is CC(Sc1nc(-c2ccccc2)c(-c2ccccc2)[nH]1)C(=O)Nc1ccccn1. The van der Waals surface area contributed by atoms with E-state index in [1.807, 2.05) is 79.7 Å². The summed E-state index contributed by atoms with van der Waals surface area (Å²) in [6, 6.07) is 25.5. The van der Waals surface area contributed by atoms with Crippen LogP contribution in [0.1, 0.15) is 6.92 Å². The van der Waals surface area contributed by atoms with Crippen LogP contribution in [0.25, 0.3) is 22.5 Å². The molecule has 0 aliphatic heterocycles. The van der Waals surface area contributed by atoms with Crippen molar-refractivity contribution < 1.29 is 4.79 Å². The summed E-state index contributed by atoms with van der Waals surface area (Å²) in [4.78, 5) is 24.9. The number of pyridine rings is 1. The van der Waals surface area contributed by atoms with Gasteiger partial charge in [-0.05, 0) is 19.1 Å². The maximum absolute atomic E-state index is 12.5. The molecule has 0 saturated heterocycles. The Morgan fingerprint density at radius 3 is 2.24 bits per heavy atom. The van der Waals surface area contributed by atoms with E-state index in [0.29, 0.717) is 11.0 Å². The fourth-order valence-corrected chi connectivity index (χ4v) is 3.72. The Morgan fingerprint density at radius 1 is 0.931 bits per heavy atom. The zero-order chi connectivity index (χ0) is 20.1. The number of aromatic amines is 1. The maximum atomic E-state index is 12.5. The lowest BCUT2D eigenvalue weighted by Crippen LogP contribution is -2.23. The summed E-state index contributed by atoms with van der Waals surface area (Å²) in [5.74, 6) is 0.423. The van der Waals surface area contributed by atoms with Crippen molar-refractivity contribution in [2.24, 2.45) is 0 Å². The Kier molecular flexibility index (Phi) is 5.72. The molecule has 144 valence electrons. The molecule has 0 bridgehead atoms. The molecule has 0 radical (unpaired) electrons. The molecule has 2 N–H and O–H groups in total. The molecule has 1 amide bonds. The van der Waals surface area contributed by atoms with Gasteiger partial charge in [-0.2, -0.15) is 0 Å². The van der Waals surface area contributed by atoms with Crippen LogP contribution in [0.2, 0.25) is 0 Å². The second-order valence-corrected chi connectivity index (χ2v) is 7.79. The molecule has 29 heavy (non-hydrogen) atoms.